The number of imidazole rings is 1. The number of halogens is 2. The molecule has 1 amide bonds. The molecule has 0 unspecified atom stereocenters. The number of amides is 1. The largest absolute Gasteiger partial charge is 0.414 e. The van der Waals surface area contributed by atoms with Crippen LogP contribution in [0.1, 0.15) is 32.4 Å². The molecular formula is C26H27Cl2N5O3S. The smallest absolute Gasteiger partial charge is 0.390 e. The van der Waals surface area contributed by atoms with Crippen LogP contribution in [-0.4, -0.2) is 50.9 Å². The molecule has 8 nitrogen and oxygen atoms in total. The minimum absolute atomic E-state index is 0.0435. The van der Waals surface area contributed by atoms with Gasteiger partial charge in [0, 0.05) is 36.8 Å². The highest BCUT2D eigenvalue weighted by molar-refractivity contribution is 7.19. The van der Waals surface area contributed by atoms with Crippen LogP contribution in [0.2, 0.25) is 9.49 Å². The topological polar surface area (TPSA) is 85.4 Å². The molecule has 1 aromatic carbocycles. The molecule has 0 aliphatic carbocycles. The number of aromatic nitrogens is 3. The summed E-state index contributed by atoms with van der Waals surface area (Å²) >= 11 is 14.0. The lowest BCUT2D eigenvalue weighted by atomic mass is 10.0. The molecule has 1 N–H and O–H groups in total. The van der Waals surface area contributed by atoms with Gasteiger partial charge in [-0.15, -0.1) is 11.3 Å². The molecule has 0 spiro atoms. The summed E-state index contributed by atoms with van der Waals surface area (Å²) in [5, 5.41) is 7.30. The van der Waals surface area contributed by atoms with Gasteiger partial charge in [0.05, 0.1) is 15.8 Å². The van der Waals surface area contributed by atoms with E-state index in [9.17, 15) is 4.79 Å². The first-order valence-electron chi connectivity index (χ1n) is 12.1. The monoisotopic (exact) mass is 559 g/mol. The lowest BCUT2D eigenvalue weighted by Gasteiger charge is -2.34. The summed E-state index contributed by atoms with van der Waals surface area (Å²) in [6.07, 6.45) is 1.17. The fourth-order valence-electron chi connectivity index (χ4n) is 4.42. The highest BCUT2D eigenvalue weighted by Crippen LogP contribution is 2.34. The van der Waals surface area contributed by atoms with Crippen molar-refractivity contribution in [2.24, 2.45) is 0 Å². The van der Waals surface area contributed by atoms with E-state index in [1.807, 2.05) is 48.5 Å². The van der Waals surface area contributed by atoms with E-state index in [2.05, 4.69) is 34.2 Å². The van der Waals surface area contributed by atoms with Gasteiger partial charge < -0.3 is 19.5 Å². The number of piperidine rings is 1. The molecule has 0 radical (unpaired) electrons. The molecule has 194 valence electrons. The molecule has 0 bridgehead atoms. The zero-order valence-corrected chi connectivity index (χ0v) is 22.8. The van der Waals surface area contributed by atoms with Crippen LogP contribution in [0.5, 0.6) is 5.88 Å². The molecule has 1 fully saturated rings. The van der Waals surface area contributed by atoms with Crippen molar-refractivity contribution in [3.63, 3.8) is 0 Å². The summed E-state index contributed by atoms with van der Waals surface area (Å²) in [5.74, 6) is 1.32. The number of rotatable bonds is 7. The van der Waals surface area contributed by atoms with Crippen LogP contribution < -0.4 is 10.1 Å². The molecule has 37 heavy (non-hydrogen) atoms. The molecule has 0 atom stereocenters. The second-order valence-electron chi connectivity index (χ2n) is 9.21. The molecule has 5 rings (SSSR count). The zero-order valence-electron chi connectivity index (χ0n) is 20.5. The van der Waals surface area contributed by atoms with Crippen molar-refractivity contribution in [2.75, 3.05) is 13.1 Å². The maximum absolute atomic E-state index is 12.9. The molecule has 1 saturated heterocycles. The minimum Gasteiger partial charge on any atom is -0.390 e. The number of likely N-dealkylation sites (tertiary alicyclic amines) is 1. The highest BCUT2D eigenvalue weighted by Gasteiger charge is 2.26. The Morgan fingerprint density at radius 3 is 2.62 bits per heavy atom. The Morgan fingerprint density at radius 2 is 1.95 bits per heavy atom. The average Bonchev–Trinajstić information content (AvgIpc) is 3.61. The SMILES string of the molecule is CC(C)N1CCC(NC(=O)Oc2c(Cl)nc(-c3ccccc3)n2Cc2cc(-c3ccc(Cl)s3)on2)CC1. The Labute approximate surface area is 229 Å². The van der Waals surface area contributed by atoms with Gasteiger partial charge in [-0.1, -0.05) is 58.7 Å². The van der Waals surface area contributed by atoms with E-state index in [0.29, 0.717) is 27.7 Å². The third-order valence-electron chi connectivity index (χ3n) is 6.38. The summed E-state index contributed by atoms with van der Waals surface area (Å²) in [7, 11) is 0. The summed E-state index contributed by atoms with van der Waals surface area (Å²) in [6, 6.07) is 15.6. The molecule has 4 aromatic rings. The summed E-state index contributed by atoms with van der Waals surface area (Å²) in [6.45, 7) is 6.47. The summed E-state index contributed by atoms with van der Waals surface area (Å²) in [4.78, 5) is 20.7. The number of carbonyl (C=O) groups is 1. The van der Waals surface area contributed by atoms with Gasteiger partial charge in [-0.25, -0.2) is 9.78 Å². The number of nitrogens with zero attached hydrogens (tertiary/aromatic N) is 4. The van der Waals surface area contributed by atoms with Crippen molar-refractivity contribution in [3.05, 3.63) is 63.7 Å². The molecule has 3 aromatic heterocycles. The predicted octanol–water partition coefficient (Wildman–Crippen LogP) is 6.58. The van der Waals surface area contributed by atoms with Gasteiger partial charge in [0.2, 0.25) is 5.88 Å². The van der Waals surface area contributed by atoms with E-state index in [1.54, 1.807) is 4.57 Å². The number of hydrogen-bond donors (Lipinski definition) is 1. The van der Waals surface area contributed by atoms with Crippen LogP contribution in [0.15, 0.2) is 53.1 Å². The Balaban J connectivity index is 1.37. The number of ether oxygens (including phenoxy) is 1. The number of carbonyl (C=O) groups excluding carboxylic acids is 1. The molecule has 1 aliphatic rings. The number of thiophene rings is 1. The second kappa shape index (κ2) is 11.3. The number of hydrogen-bond acceptors (Lipinski definition) is 7. The maximum Gasteiger partial charge on any atom is 0.414 e. The Kier molecular flexibility index (Phi) is 7.85. The average molecular weight is 561 g/mol. The van der Waals surface area contributed by atoms with Crippen molar-refractivity contribution in [2.45, 2.75) is 45.3 Å². The minimum atomic E-state index is -0.556. The third-order valence-corrected chi connectivity index (χ3v) is 7.87. The van der Waals surface area contributed by atoms with Crippen LogP contribution in [0.4, 0.5) is 4.79 Å². The van der Waals surface area contributed by atoms with Crippen molar-refractivity contribution in [1.82, 2.24) is 24.9 Å². The first-order chi connectivity index (χ1) is 17.9. The maximum atomic E-state index is 12.9. The lowest BCUT2D eigenvalue weighted by Crippen LogP contribution is -2.47. The predicted molar refractivity (Wildman–Crippen MR) is 145 cm³/mol. The van der Waals surface area contributed by atoms with E-state index in [4.69, 9.17) is 32.5 Å². The van der Waals surface area contributed by atoms with Gasteiger partial charge in [0.15, 0.2) is 10.9 Å². The standard InChI is InChI=1S/C26H27Cl2N5O3S/c1-16(2)32-12-10-18(11-13-32)29-26(34)35-25-23(28)30-24(17-6-4-3-5-7-17)33(25)15-19-14-20(36-31-19)21-8-9-22(27)37-21/h3-9,14,16,18H,10-13,15H2,1-2H3,(H,29,34). The summed E-state index contributed by atoms with van der Waals surface area (Å²) < 4.78 is 13.7. The Hall–Kier alpha value is -2.85. The molecule has 4 heterocycles. The van der Waals surface area contributed by atoms with Gasteiger partial charge in [-0.05, 0) is 38.8 Å². The fourth-order valence-corrected chi connectivity index (χ4v) is 5.63. The van der Waals surface area contributed by atoms with Gasteiger partial charge in [-0.2, -0.15) is 0 Å². The number of nitrogens with one attached hydrogen (secondary N) is 1. The molecular weight excluding hydrogens is 533 g/mol. The number of benzene rings is 1. The van der Waals surface area contributed by atoms with Crippen LogP contribution in [0.3, 0.4) is 0 Å². The van der Waals surface area contributed by atoms with E-state index >= 15 is 0 Å². The molecule has 0 saturated carbocycles. The second-order valence-corrected chi connectivity index (χ2v) is 11.3. The zero-order chi connectivity index (χ0) is 25.9. The van der Waals surface area contributed by atoms with Crippen molar-refractivity contribution < 1.29 is 14.1 Å². The summed E-state index contributed by atoms with van der Waals surface area (Å²) in [5.41, 5.74) is 1.45. The van der Waals surface area contributed by atoms with E-state index in [1.165, 1.54) is 11.3 Å². The molecule has 1 aliphatic heterocycles. The first-order valence-corrected chi connectivity index (χ1v) is 13.7. The lowest BCUT2D eigenvalue weighted by molar-refractivity contribution is 0.151. The van der Waals surface area contributed by atoms with E-state index in [0.717, 1.165) is 36.4 Å². The third kappa shape index (κ3) is 6.01. The van der Waals surface area contributed by atoms with Crippen molar-refractivity contribution in [1.29, 1.82) is 0 Å². The quantitative estimate of drug-likeness (QED) is 0.275. The van der Waals surface area contributed by atoms with E-state index < -0.39 is 6.09 Å². The van der Waals surface area contributed by atoms with Gasteiger partial charge >= 0.3 is 6.09 Å². The van der Waals surface area contributed by atoms with Crippen LogP contribution in [-0.2, 0) is 6.54 Å². The van der Waals surface area contributed by atoms with Crippen molar-refractivity contribution in [3.8, 4) is 27.9 Å². The van der Waals surface area contributed by atoms with Crippen LogP contribution in [0, 0.1) is 0 Å². The van der Waals surface area contributed by atoms with Crippen LogP contribution >= 0.6 is 34.5 Å². The van der Waals surface area contributed by atoms with Gasteiger partial charge in [0.25, 0.3) is 0 Å². The van der Waals surface area contributed by atoms with Crippen LogP contribution in [0.25, 0.3) is 22.0 Å². The Morgan fingerprint density at radius 1 is 1.19 bits per heavy atom. The van der Waals surface area contributed by atoms with Gasteiger partial charge in [-0.3, -0.25) is 4.57 Å². The normalized spacial score (nSPS) is 14.8. The van der Waals surface area contributed by atoms with E-state index in [-0.39, 0.29) is 23.6 Å². The highest BCUT2D eigenvalue weighted by atomic mass is 35.5. The Bertz CT molecular complexity index is 1360. The van der Waals surface area contributed by atoms with Gasteiger partial charge in [0.1, 0.15) is 11.5 Å². The first kappa shape index (κ1) is 25.8. The molecule has 11 heteroatoms. The fraction of sp³-hybridized carbons (Fsp3) is 0.346. The van der Waals surface area contributed by atoms with Crippen molar-refractivity contribution >= 4 is 40.6 Å².